The number of carboxylic acid groups (broad SMARTS) is 1. The molecule has 0 aliphatic heterocycles. The number of methoxy groups -OCH3 is 1. The second kappa shape index (κ2) is 5.73. The van der Waals surface area contributed by atoms with Crippen LogP contribution < -0.4 is 9.47 Å². The van der Waals surface area contributed by atoms with Gasteiger partial charge in [0, 0.05) is 0 Å². The molecule has 0 aliphatic carbocycles. The first-order valence-corrected chi connectivity index (χ1v) is 5.66. The lowest BCUT2D eigenvalue weighted by Gasteiger charge is -2.22. The van der Waals surface area contributed by atoms with E-state index in [4.69, 9.17) is 14.6 Å². The summed E-state index contributed by atoms with van der Waals surface area (Å²) >= 11 is 0. The van der Waals surface area contributed by atoms with Crippen molar-refractivity contribution in [2.24, 2.45) is 0 Å². The Bertz CT molecular complexity index is 425. The van der Waals surface area contributed by atoms with E-state index in [2.05, 4.69) is 0 Å². The molecular formula is C13H18O5. The summed E-state index contributed by atoms with van der Waals surface area (Å²) in [6.45, 7) is 3.50. The van der Waals surface area contributed by atoms with Gasteiger partial charge in [0.25, 0.3) is 0 Å². The van der Waals surface area contributed by atoms with Crippen molar-refractivity contribution in [1.29, 1.82) is 0 Å². The molecule has 0 aromatic heterocycles. The molecule has 1 unspecified atom stereocenters. The minimum absolute atomic E-state index is 0.0150. The SMILES string of the molecule is CCC(C)(O)COc1ccc(OC)cc1C(=O)O. The van der Waals surface area contributed by atoms with Crippen molar-refractivity contribution < 1.29 is 24.5 Å². The average Bonchev–Trinajstić information content (AvgIpc) is 2.36. The highest BCUT2D eigenvalue weighted by Gasteiger charge is 2.20. The van der Waals surface area contributed by atoms with E-state index in [0.29, 0.717) is 12.2 Å². The Kier molecular flexibility index (Phi) is 4.55. The maximum Gasteiger partial charge on any atom is 0.339 e. The van der Waals surface area contributed by atoms with Gasteiger partial charge in [-0.3, -0.25) is 0 Å². The van der Waals surface area contributed by atoms with Gasteiger partial charge in [-0.1, -0.05) is 6.92 Å². The van der Waals surface area contributed by atoms with E-state index in [1.54, 1.807) is 13.0 Å². The van der Waals surface area contributed by atoms with Crippen molar-refractivity contribution in [3.63, 3.8) is 0 Å². The van der Waals surface area contributed by atoms with Gasteiger partial charge in [0.2, 0.25) is 0 Å². The summed E-state index contributed by atoms with van der Waals surface area (Å²) in [5, 5.41) is 18.9. The molecule has 5 nitrogen and oxygen atoms in total. The first kappa shape index (κ1) is 14.3. The van der Waals surface area contributed by atoms with Crippen molar-refractivity contribution in [3.05, 3.63) is 23.8 Å². The molecule has 0 spiro atoms. The number of aliphatic hydroxyl groups is 1. The van der Waals surface area contributed by atoms with Crippen LogP contribution in [0.2, 0.25) is 0 Å². The summed E-state index contributed by atoms with van der Waals surface area (Å²) in [5.74, 6) is -0.431. The lowest BCUT2D eigenvalue weighted by molar-refractivity contribution is 0.00787. The number of rotatable bonds is 6. The highest BCUT2D eigenvalue weighted by molar-refractivity contribution is 5.91. The molecule has 0 heterocycles. The monoisotopic (exact) mass is 254 g/mol. The molecule has 0 aliphatic rings. The Morgan fingerprint density at radius 3 is 2.61 bits per heavy atom. The molecule has 0 fully saturated rings. The number of aromatic carboxylic acids is 1. The first-order valence-electron chi connectivity index (χ1n) is 5.66. The maximum absolute atomic E-state index is 11.1. The van der Waals surface area contributed by atoms with Crippen molar-refractivity contribution in [1.82, 2.24) is 0 Å². The fourth-order valence-electron chi connectivity index (χ4n) is 1.26. The number of hydrogen-bond acceptors (Lipinski definition) is 4. The molecule has 2 N–H and O–H groups in total. The normalized spacial score (nSPS) is 13.8. The van der Waals surface area contributed by atoms with Crippen LogP contribution in [0.5, 0.6) is 11.5 Å². The molecule has 1 aromatic carbocycles. The molecule has 18 heavy (non-hydrogen) atoms. The van der Waals surface area contributed by atoms with Crippen molar-refractivity contribution in [3.8, 4) is 11.5 Å². The number of carboxylic acids is 1. The average molecular weight is 254 g/mol. The van der Waals surface area contributed by atoms with E-state index in [-0.39, 0.29) is 17.9 Å². The smallest absolute Gasteiger partial charge is 0.339 e. The van der Waals surface area contributed by atoms with E-state index >= 15 is 0 Å². The molecule has 0 radical (unpaired) electrons. The van der Waals surface area contributed by atoms with E-state index in [0.717, 1.165) is 0 Å². The molecule has 5 heteroatoms. The fourth-order valence-corrected chi connectivity index (χ4v) is 1.26. The second-order valence-electron chi connectivity index (χ2n) is 4.31. The predicted molar refractivity (Wildman–Crippen MR) is 66.4 cm³/mol. The third-order valence-electron chi connectivity index (χ3n) is 2.72. The quantitative estimate of drug-likeness (QED) is 0.811. The second-order valence-corrected chi connectivity index (χ2v) is 4.31. The van der Waals surface area contributed by atoms with Crippen LogP contribution >= 0.6 is 0 Å². The zero-order valence-corrected chi connectivity index (χ0v) is 10.8. The van der Waals surface area contributed by atoms with Crippen LogP contribution in [-0.4, -0.2) is 35.5 Å². The molecule has 1 atom stereocenters. The van der Waals surface area contributed by atoms with Crippen molar-refractivity contribution in [2.75, 3.05) is 13.7 Å². The van der Waals surface area contributed by atoms with Gasteiger partial charge in [-0.2, -0.15) is 0 Å². The summed E-state index contributed by atoms with van der Waals surface area (Å²) < 4.78 is 10.3. The Labute approximate surface area is 106 Å². The van der Waals surface area contributed by atoms with Gasteiger partial charge in [0.05, 0.1) is 12.7 Å². The highest BCUT2D eigenvalue weighted by atomic mass is 16.5. The maximum atomic E-state index is 11.1. The number of benzene rings is 1. The lowest BCUT2D eigenvalue weighted by atomic mass is 10.1. The minimum atomic E-state index is -1.10. The molecule has 0 bridgehead atoms. The van der Waals surface area contributed by atoms with Crippen LogP contribution in [0.3, 0.4) is 0 Å². The molecule has 0 saturated heterocycles. The van der Waals surface area contributed by atoms with Crippen LogP contribution in [0.15, 0.2) is 18.2 Å². The van der Waals surface area contributed by atoms with Gasteiger partial charge < -0.3 is 19.7 Å². The standard InChI is InChI=1S/C13H18O5/c1-4-13(2,16)8-18-11-6-5-9(17-3)7-10(11)12(14)15/h5-7,16H,4,8H2,1-3H3,(H,14,15). The highest BCUT2D eigenvalue weighted by Crippen LogP contribution is 2.25. The van der Waals surface area contributed by atoms with E-state index in [1.165, 1.54) is 19.2 Å². The van der Waals surface area contributed by atoms with Crippen LogP contribution in [0.25, 0.3) is 0 Å². The molecule has 1 rings (SSSR count). The summed E-state index contributed by atoms with van der Waals surface area (Å²) in [6.07, 6.45) is 0.519. The first-order chi connectivity index (χ1) is 8.39. The number of ether oxygens (including phenoxy) is 2. The zero-order valence-electron chi connectivity index (χ0n) is 10.8. The van der Waals surface area contributed by atoms with Gasteiger partial charge >= 0.3 is 5.97 Å². The summed E-state index contributed by atoms with van der Waals surface area (Å²) in [5.41, 5.74) is -0.961. The van der Waals surface area contributed by atoms with E-state index < -0.39 is 11.6 Å². The van der Waals surface area contributed by atoms with E-state index in [9.17, 15) is 9.90 Å². The van der Waals surface area contributed by atoms with Gasteiger partial charge in [0.1, 0.15) is 23.7 Å². The lowest BCUT2D eigenvalue weighted by Crippen LogP contribution is -2.31. The van der Waals surface area contributed by atoms with E-state index in [1.807, 2.05) is 6.92 Å². The largest absolute Gasteiger partial charge is 0.497 e. The predicted octanol–water partition coefficient (Wildman–Crippen LogP) is 1.93. The van der Waals surface area contributed by atoms with Crippen molar-refractivity contribution in [2.45, 2.75) is 25.9 Å². The summed E-state index contributed by atoms with van der Waals surface area (Å²) in [4.78, 5) is 11.1. The summed E-state index contributed by atoms with van der Waals surface area (Å²) in [7, 11) is 1.46. The van der Waals surface area contributed by atoms with Crippen LogP contribution in [-0.2, 0) is 0 Å². The Balaban J connectivity index is 2.91. The van der Waals surface area contributed by atoms with Gasteiger partial charge in [-0.05, 0) is 31.5 Å². The third-order valence-corrected chi connectivity index (χ3v) is 2.72. The Morgan fingerprint density at radius 1 is 1.44 bits per heavy atom. The summed E-state index contributed by atoms with van der Waals surface area (Å²) in [6, 6.07) is 4.52. The molecule has 0 amide bonds. The fraction of sp³-hybridized carbons (Fsp3) is 0.462. The zero-order chi connectivity index (χ0) is 13.8. The minimum Gasteiger partial charge on any atom is -0.497 e. The molecule has 0 saturated carbocycles. The third kappa shape index (κ3) is 3.63. The van der Waals surface area contributed by atoms with Gasteiger partial charge in [-0.15, -0.1) is 0 Å². The Hall–Kier alpha value is -1.75. The topological polar surface area (TPSA) is 76.0 Å². The Morgan fingerprint density at radius 2 is 2.11 bits per heavy atom. The number of carbonyl (C=O) groups is 1. The molecule has 100 valence electrons. The van der Waals surface area contributed by atoms with Crippen LogP contribution in [0.1, 0.15) is 30.6 Å². The van der Waals surface area contributed by atoms with Crippen LogP contribution in [0, 0.1) is 0 Å². The van der Waals surface area contributed by atoms with Gasteiger partial charge in [0.15, 0.2) is 0 Å². The van der Waals surface area contributed by atoms with Crippen molar-refractivity contribution >= 4 is 5.97 Å². The molecule has 1 aromatic rings. The molecular weight excluding hydrogens is 236 g/mol. The van der Waals surface area contributed by atoms with Crippen LogP contribution in [0.4, 0.5) is 0 Å². The van der Waals surface area contributed by atoms with Gasteiger partial charge in [-0.25, -0.2) is 4.79 Å². The number of hydrogen-bond donors (Lipinski definition) is 2.